The van der Waals surface area contributed by atoms with Crippen molar-refractivity contribution in [3.63, 3.8) is 0 Å². The number of piperidine rings is 1. The average Bonchev–Trinajstić information content (AvgIpc) is 3.15. The van der Waals surface area contributed by atoms with Crippen molar-refractivity contribution in [2.45, 2.75) is 25.3 Å². The molecule has 2 heterocycles. The zero-order chi connectivity index (χ0) is 20.9. The molecule has 1 fully saturated rings. The molecule has 0 amide bonds. The van der Waals surface area contributed by atoms with Crippen molar-refractivity contribution >= 4 is 46.5 Å². The van der Waals surface area contributed by atoms with E-state index in [1.54, 1.807) is 31.3 Å². The Hall–Kier alpha value is -2.36. The smallest absolute Gasteiger partial charge is 0.191 e. The molecule has 0 radical (unpaired) electrons. The zero-order valence-corrected chi connectivity index (χ0v) is 19.8. The first-order chi connectivity index (χ1) is 14.6. The van der Waals surface area contributed by atoms with Gasteiger partial charge in [0.25, 0.3) is 0 Å². The molecule has 1 aromatic heterocycles. The molecular weight excluding hydrogens is 511 g/mol. The van der Waals surface area contributed by atoms with Crippen molar-refractivity contribution in [3.05, 3.63) is 65.9 Å². The second-order valence-corrected chi connectivity index (χ2v) is 7.64. The van der Waals surface area contributed by atoms with Gasteiger partial charge in [0.1, 0.15) is 11.6 Å². The van der Waals surface area contributed by atoms with Crippen molar-refractivity contribution < 1.29 is 8.78 Å². The molecule has 3 aromatic rings. The number of nitrogens with zero attached hydrogens (tertiary/aromatic N) is 2. The number of guanidine groups is 1. The van der Waals surface area contributed by atoms with E-state index in [4.69, 9.17) is 0 Å². The van der Waals surface area contributed by atoms with E-state index in [2.05, 4.69) is 25.5 Å². The van der Waals surface area contributed by atoms with Gasteiger partial charge < -0.3 is 20.5 Å². The summed E-state index contributed by atoms with van der Waals surface area (Å²) in [7, 11) is 1.76. The van der Waals surface area contributed by atoms with Gasteiger partial charge in [-0.3, -0.25) is 4.99 Å². The van der Waals surface area contributed by atoms with Crippen LogP contribution in [0.3, 0.4) is 0 Å². The second-order valence-electron chi connectivity index (χ2n) is 7.64. The Labute approximate surface area is 198 Å². The molecular formula is C23H28F2IN5. The predicted molar refractivity (Wildman–Crippen MR) is 134 cm³/mol. The number of anilines is 1. The van der Waals surface area contributed by atoms with Crippen LogP contribution in [0.25, 0.3) is 10.9 Å². The number of aliphatic imine (C=N–C) groups is 1. The van der Waals surface area contributed by atoms with E-state index in [0.29, 0.717) is 12.6 Å². The SMILES string of the molecule is CN=C(NCCc1c[nH]c2ccc(F)cc12)NC1CCN(c2cccc(F)c2)CC1.I. The van der Waals surface area contributed by atoms with E-state index >= 15 is 0 Å². The second kappa shape index (κ2) is 10.8. The highest BCUT2D eigenvalue weighted by Gasteiger charge is 2.20. The fourth-order valence-electron chi connectivity index (χ4n) is 4.02. The molecule has 0 aliphatic carbocycles. The first-order valence-corrected chi connectivity index (χ1v) is 10.4. The van der Waals surface area contributed by atoms with Crippen molar-refractivity contribution in [1.29, 1.82) is 0 Å². The Kier molecular flexibility index (Phi) is 8.11. The molecule has 0 unspecified atom stereocenters. The third-order valence-electron chi connectivity index (χ3n) is 5.65. The summed E-state index contributed by atoms with van der Waals surface area (Å²) >= 11 is 0. The van der Waals surface area contributed by atoms with Gasteiger partial charge in [-0.2, -0.15) is 0 Å². The minimum atomic E-state index is -0.224. The van der Waals surface area contributed by atoms with Gasteiger partial charge in [0.15, 0.2) is 5.96 Å². The summed E-state index contributed by atoms with van der Waals surface area (Å²) in [5.41, 5.74) is 2.96. The van der Waals surface area contributed by atoms with Crippen molar-refractivity contribution in [3.8, 4) is 0 Å². The molecule has 1 aliphatic rings. The van der Waals surface area contributed by atoms with Gasteiger partial charge in [0.2, 0.25) is 0 Å². The molecule has 0 saturated carbocycles. The number of hydrogen-bond acceptors (Lipinski definition) is 2. The van der Waals surface area contributed by atoms with Crippen molar-refractivity contribution in [1.82, 2.24) is 15.6 Å². The Morgan fingerprint density at radius 3 is 2.65 bits per heavy atom. The Morgan fingerprint density at radius 2 is 1.90 bits per heavy atom. The molecule has 5 nitrogen and oxygen atoms in total. The van der Waals surface area contributed by atoms with Gasteiger partial charge in [0.05, 0.1) is 0 Å². The molecule has 2 aromatic carbocycles. The highest BCUT2D eigenvalue weighted by molar-refractivity contribution is 14.0. The molecule has 0 bridgehead atoms. The number of aromatic amines is 1. The number of nitrogens with one attached hydrogen (secondary N) is 3. The maximum Gasteiger partial charge on any atom is 0.191 e. The third kappa shape index (κ3) is 5.87. The van der Waals surface area contributed by atoms with Gasteiger partial charge in [-0.15, -0.1) is 24.0 Å². The van der Waals surface area contributed by atoms with Gasteiger partial charge in [0, 0.05) is 55.5 Å². The summed E-state index contributed by atoms with van der Waals surface area (Å²) in [4.78, 5) is 9.73. The number of benzene rings is 2. The van der Waals surface area contributed by atoms with E-state index in [1.165, 1.54) is 12.1 Å². The molecule has 3 N–H and O–H groups in total. The number of halogens is 3. The van der Waals surface area contributed by atoms with E-state index in [0.717, 1.165) is 60.5 Å². The highest BCUT2D eigenvalue weighted by atomic mass is 127. The van der Waals surface area contributed by atoms with E-state index < -0.39 is 0 Å². The summed E-state index contributed by atoms with van der Waals surface area (Å²) < 4.78 is 27.0. The lowest BCUT2D eigenvalue weighted by molar-refractivity contribution is 0.461. The number of aromatic nitrogens is 1. The summed E-state index contributed by atoms with van der Waals surface area (Å²) in [5.74, 6) is 0.346. The molecule has 166 valence electrons. The monoisotopic (exact) mass is 539 g/mol. The fraction of sp³-hybridized carbons (Fsp3) is 0.348. The van der Waals surface area contributed by atoms with Crippen LogP contribution in [0.1, 0.15) is 18.4 Å². The van der Waals surface area contributed by atoms with Crippen molar-refractivity contribution in [2.75, 3.05) is 31.6 Å². The van der Waals surface area contributed by atoms with E-state index in [1.807, 2.05) is 12.3 Å². The van der Waals surface area contributed by atoms with Crippen molar-refractivity contribution in [2.24, 2.45) is 4.99 Å². The van der Waals surface area contributed by atoms with Gasteiger partial charge in [-0.25, -0.2) is 8.78 Å². The molecule has 0 atom stereocenters. The lowest BCUT2D eigenvalue weighted by Crippen LogP contribution is -2.49. The predicted octanol–water partition coefficient (Wildman–Crippen LogP) is 4.44. The highest BCUT2D eigenvalue weighted by Crippen LogP contribution is 2.21. The van der Waals surface area contributed by atoms with Crippen LogP contribution < -0.4 is 15.5 Å². The molecule has 0 spiro atoms. The van der Waals surface area contributed by atoms with Crippen LogP contribution in [0.4, 0.5) is 14.5 Å². The molecule has 8 heteroatoms. The average molecular weight is 539 g/mol. The van der Waals surface area contributed by atoms with Crippen LogP contribution in [0.5, 0.6) is 0 Å². The quantitative estimate of drug-likeness (QED) is 0.256. The molecule has 1 aliphatic heterocycles. The van der Waals surface area contributed by atoms with Crippen LogP contribution in [0.15, 0.2) is 53.7 Å². The van der Waals surface area contributed by atoms with Gasteiger partial charge in [-0.05, 0) is 61.2 Å². The van der Waals surface area contributed by atoms with Gasteiger partial charge in [-0.1, -0.05) is 6.07 Å². The van der Waals surface area contributed by atoms with E-state index in [9.17, 15) is 8.78 Å². The largest absolute Gasteiger partial charge is 0.371 e. The van der Waals surface area contributed by atoms with Crippen LogP contribution in [0.2, 0.25) is 0 Å². The van der Waals surface area contributed by atoms with Gasteiger partial charge >= 0.3 is 0 Å². The van der Waals surface area contributed by atoms with Crippen LogP contribution in [-0.4, -0.2) is 43.7 Å². The number of hydrogen-bond donors (Lipinski definition) is 3. The minimum absolute atomic E-state index is 0. The summed E-state index contributed by atoms with van der Waals surface area (Å²) in [5, 5.41) is 7.76. The maximum atomic E-state index is 13.5. The topological polar surface area (TPSA) is 55.5 Å². The summed E-state index contributed by atoms with van der Waals surface area (Å²) in [6.45, 7) is 2.45. The maximum absolute atomic E-state index is 13.5. The molecule has 31 heavy (non-hydrogen) atoms. The Morgan fingerprint density at radius 1 is 1.13 bits per heavy atom. The minimum Gasteiger partial charge on any atom is -0.371 e. The van der Waals surface area contributed by atoms with E-state index in [-0.39, 0.29) is 35.6 Å². The van der Waals surface area contributed by atoms with Crippen LogP contribution in [0, 0.1) is 11.6 Å². The number of rotatable bonds is 5. The van der Waals surface area contributed by atoms with Crippen LogP contribution in [-0.2, 0) is 6.42 Å². The first-order valence-electron chi connectivity index (χ1n) is 10.4. The normalized spacial score (nSPS) is 15.1. The number of H-pyrrole nitrogens is 1. The Bertz CT molecular complexity index is 1030. The lowest BCUT2D eigenvalue weighted by Gasteiger charge is -2.34. The third-order valence-corrected chi connectivity index (χ3v) is 5.65. The van der Waals surface area contributed by atoms with Crippen LogP contribution >= 0.6 is 24.0 Å². The standard InChI is InChI=1S/C23H27F2N5.HI/c1-26-23(27-10-7-16-15-28-22-6-5-18(25)14-21(16)22)29-19-8-11-30(12-9-19)20-4-2-3-17(24)13-20;/h2-6,13-15,19,28H,7-12H2,1H3,(H2,26,27,29);1H. The summed E-state index contributed by atoms with van der Waals surface area (Å²) in [6.07, 6.45) is 4.62. The Balaban J connectivity index is 0.00000272. The summed E-state index contributed by atoms with van der Waals surface area (Å²) in [6, 6.07) is 11.9. The molecule has 1 saturated heterocycles. The lowest BCUT2D eigenvalue weighted by atomic mass is 10.0. The molecule has 4 rings (SSSR count). The zero-order valence-electron chi connectivity index (χ0n) is 17.5. The fourth-order valence-corrected chi connectivity index (χ4v) is 4.02. The first kappa shape index (κ1) is 23.3. The number of fused-ring (bicyclic) bond motifs is 1.